The van der Waals surface area contributed by atoms with Crippen molar-refractivity contribution in [3.05, 3.63) is 35.4 Å². The Morgan fingerprint density at radius 1 is 1.43 bits per heavy atom. The lowest BCUT2D eigenvalue weighted by molar-refractivity contribution is -0.142. The topological polar surface area (TPSA) is 64.3 Å². The summed E-state index contributed by atoms with van der Waals surface area (Å²) in [6, 6.07) is 10.3. The highest BCUT2D eigenvalue weighted by Crippen LogP contribution is 2.26. The Morgan fingerprint density at radius 3 is 2.71 bits per heavy atom. The van der Waals surface area contributed by atoms with Gasteiger partial charge in [-0.15, -0.1) is 0 Å². The molecule has 1 saturated carbocycles. The van der Waals surface area contributed by atoms with E-state index in [1.165, 1.54) is 12.8 Å². The molecular formula is C17H22N2O2. The van der Waals surface area contributed by atoms with Gasteiger partial charge in [0, 0.05) is 19.1 Å². The van der Waals surface area contributed by atoms with Crippen LogP contribution in [0.4, 0.5) is 0 Å². The highest BCUT2D eigenvalue weighted by Gasteiger charge is 2.26. The monoisotopic (exact) mass is 286 g/mol. The molecule has 1 unspecified atom stereocenters. The van der Waals surface area contributed by atoms with Crippen LogP contribution in [-0.4, -0.2) is 28.6 Å². The van der Waals surface area contributed by atoms with E-state index >= 15 is 0 Å². The third-order valence-corrected chi connectivity index (χ3v) is 4.28. The van der Waals surface area contributed by atoms with Gasteiger partial charge in [0.15, 0.2) is 0 Å². The second-order valence-corrected chi connectivity index (χ2v) is 5.88. The summed E-state index contributed by atoms with van der Waals surface area (Å²) in [7, 11) is 0. The summed E-state index contributed by atoms with van der Waals surface area (Å²) >= 11 is 0. The van der Waals surface area contributed by atoms with Crippen LogP contribution in [0.2, 0.25) is 0 Å². The van der Waals surface area contributed by atoms with Crippen LogP contribution in [-0.2, 0) is 11.3 Å². The van der Waals surface area contributed by atoms with Crippen LogP contribution in [0.3, 0.4) is 0 Å². The average Bonchev–Trinajstić information content (AvgIpc) is 3.01. The van der Waals surface area contributed by atoms with E-state index in [-0.39, 0.29) is 5.92 Å². The Morgan fingerprint density at radius 2 is 2.10 bits per heavy atom. The lowest BCUT2D eigenvalue weighted by Gasteiger charge is -2.30. The largest absolute Gasteiger partial charge is 0.481 e. The molecule has 0 saturated heterocycles. The Kier molecular flexibility index (Phi) is 5.35. The number of nitriles is 1. The van der Waals surface area contributed by atoms with Crippen LogP contribution in [0.1, 0.15) is 43.7 Å². The molecule has 1 N–H and O–H groups in total. The Balaban J connectivity index is 2.15. The Labute approximate surface area is 126 Å². The standard InChI is InChI=1S/C17H22N2O2/c1-13(17(20)21)11-19(16-8-4-5-9-16)12-15-7-3-2-6-14(15)10-18/h2-3,6-7,13,16H,4-5,8-9,11-12H2,1H3,(H,20,21). The van der Waals surface area contributed by atoms with Crippen LogP contribution in [0, 0.1) is 17.2 Å². The van der Waals surface area contributed by atoms with Gasteiger partial charge in [-0.2, -0.15) is 5.26 Å². The SMILES string of the molecule is CC(CN(Cc1ccccc1C#N)C1CCCC1)C(=O)O. The van der Waals surface area contributed by atoms with E-state index in [0.717, 1.165) is 18.4 Å². The fourth-order valence-electron chi connectivity index (χ4n) is 3.03. The van der Waals surface area contributed by atoms with Gasteiger partial charge in [-0.1, -0.05) is 38.0 Å². The van der Waals surface area contributed by atoms with E-state index in [9.17, 15) is 10.1 Å². The smallest absolute Gasteiger partial charge is 0.307 e. The van der Waals surface area contributed by atoms with Gasteiger partial charge in [-0.25, -0.2) is 0 Å². The van der Waals surface area contributed by atoms with Gasteiger partial charge >= 0.3 is 5.97 Å². The summed E-state index contributed by atoms with van der Waals surface area (Å²) in [5, 5.41) is 18.4. The highest BCUT2D eigenvalue weighted by atomic mass is 16.4. The van der Waals surface area contributed by atoms with E-state index in [1.54, 1.807) is 6.92 Å². The van der Waals surface area contributed by atoms with E-state index in [0.29, 0.717) is 24.7 Å². The number of hydrogen-bond donors (Lipinski definition) is 1. The minimum Gasteiger partial charge on any atom is -0.481 e. The molecular weight excluding hydrogens is 264 g/mol. The maximum absolute atomic E-state index is 11.1. The number of aliphatic carboxylic acids is 1. The number of carbonyl (C=O) groups is 1. The fourth-order valence-corrected chi connectivity index (χ4v) is 3.03. The molecule has 1 atom stereocenters. The lowest BCUT2D eigenvalue weighted by Crippen LogP contribution is -2.38. The van der Waals surface area contributed by atoms with E-state index in [1.807, 2.05) is 24.3 Å². The first kappa shape index (κ1) is 15.5. The molecule has 2 rings (SSSR count). The van der Waals surface area contributed by atoms with Gasteiger partial charge in [0.2, 0.25) is 0 Å². The number of nitrogens with zero attached hydrogens (tertiary/aromatic N) is 2. The fraction of sp³-hybridized carbons (Fsp3) is 0.529. The predicted molar refractivity (Wildman–Crippen MR) is 80.6 cm³/mol. The van der Waals surface area contributed by atoms with Gasteiger partial charge in [-0.3, -0.25) is 9.69 Å². The van der Waals surface area contributed by atoms with Crippen molar-refractivity contribution in [3.63, 3.8) is 0 Å². The second kappa shape index (κ2) is 7.24. The van der Waals surface area contributed by atoms with Crippen molar-refractivity contribution in [1.29, 1.82) is 5.26 Å². The number of carboxylic acids is 1. The van der Waals surface area contributed by atoms with Gasteiger partial charge in [0.25, 0.3) is 0 Å². The molecule has 1 aliphatic carbocycles. The molecule has 0 radical (unpaired) electrons. The molecule has 0 bridgehead atoms. The summed E-state index contributed by atoms with van der Waals surface area (Å²) in [6.07, 6.45) is 4.67. The van der Waals surface area contributed by atoms with Crippen LogP contribution in [0.5, 0.6) is 0 Å². The summed E-state index contributed by atoms with van der Waals surface area (Å²) in [5.74, 6) is -1.15. The Bertz CT molecular complexity index is 530. The van der Waals surface area contributed by atoms with Crippen molar-refractivity contribution < 1.29 is 9.90 Å². The third-order valence-electron chi connectivity index (χ3n) is 4.28. The predicted octanol–water partition coefficient (Wildman–Crippen LogP) is 3.02. The molecule has 1 aliphatic rings. The molecule has 4 nitrogen and oxygen atoms in total. The zero-order valence-electron chi connectivity index (χ0n) is 12.5. The maximum Gasteiger partial charge on any atom is 0.307 e. The van der Waals surface area contributed by atoms with E-state index < -0.39 is 5.97 Å². The zero-order chi connectivity index (χ0) is 15.2. The number of hydrogen-bond acceptors (Lipinski definition) is 3. The van der Waals surface area contributed by atoms with Crippen LogP contribution in [0.15, 0.2) is 24.3 Å². The molecule has 1 aromatic rings. The number of carboxylic acid groups (broad SMARTS) is 1. The molecule has 0 heterocycles. The molecule has 112 valence electrons. The second-order valence-electron chi connectivity index (χ2n) is 5.88. The summed E-state index contributed by atoms with van der Waals surface area (Å²) in [4.78, 5) is 13.4. The molecule has 0 aromatic heterocycles. The lowest BCUT2D eigenvalue weighted by atomic mass is 10.0. The number of benzene rings is 1. The minimum atomic E-state index is -0.758. The molecule has 1 aromatic carbocycles. The van der Waals surface area contributed by atoms with Crippen LogP contribution in [0.25, 0.3) is 0 Å². The van der Waals surface area contributed by atoms with Crippen LogP contribution >= 0.6 is 0 Å². The molecule has 0 aliphatic heterocycles. The summed E-state index contributed by atoms with van der Waals surface area (Å²) in [6.45, 7) is 2.95. The first-order valence-corrected chi connectivity index (χ1v) is 7.56. The third kappa shape index (κ3) is 4.05. The molecule has 0 amide bonds. The molecule has 21 heavy (non-hydrogen) atoms. The number of rotatable bonds is 6. The van der Waals surface area contributed by atoms with Crippen molar-refractivity contribution in [2.45, 2.75) is 45.2 Å². The average molecular weight is 286 g/mol. The Hall–Kier alpha value is -1.86. The van der Waals surface area contributed by atoms with Gasteiger partial charge in [-0.05, 0) is 24.5 Å². The maximum atomic E-state index is 11.1. The van der Waals surface area contributed by atoms with Gasteiger partial charge < -0.3 is 5.11 Å². The molecule has 0 spiro atoms. The van der Waals surface area contributed by atoms with E-state index in [4.69, 9.17) is 5.11 Å². The minimum absolute atomic E-state index is 0.389. The van der Waals surface area contributed by atoms with E-state index in [2.05, 4.69) is 11.0 Å². The molecule has 4 heteroatoms. The normalized spacial score (nSPS) is 16.8. The zero-order valence-corrected chi connectivity index (χ0v) is 12.5. The first-order chi connectivity index (χ1) is 10.1. The van der Waals surface area contributed by atoms with Gasteiger partial charge in [0.05, 0.1) is 17.6 Å². The quantitative estimate of drug-likeness (QED) is 0.873. The van der Waals surface area contributed by atoms with Gasteiger partial charge in [0.1, 0.15) is 0 Å². The van der Waals surface area contributed by atoms with Crippen molar-refractivity contribution in [1.82, 2.24) is 4.90 Å². The molecule has 1 fully saturated rings. The van der Waals surface area contributed by atoms with Crippen molar-refractivity contribution in [2.75, 3.05) is 6.54 Å². The highest BCUT2D eigenvalue weighted by molar-refractivity contribution is 5.69. The summed E-state index contributed by atoms with van der Waals surface area (Å²) in [5.41, 5.74) is 1.67. The van der Waals surface area contributed by atoms with Crippen molar-refractivity contribution >= 4 is 5.97 Å². The first-order valence-electron chi connectivity index (χ1n) is 7.56. The van der Waals surface area contributed by atoms with Crippen molar-refractivity contribution in [2.24, 2.45) is 5.92 Å². The summed E-state index contributed by atoms with van der Waals surface area (Å²) < 4.78 is 0. The van der Waals surface area contributed by atoms with Crippen molar-refractivity contribution in [3.8, 4) is 6.07 Å². The van der Waals surface area contributed by atoms with Crippen LogP contribution < -0.4 is 0 Å².